The zero-order chi connectivity index (χ0) is 25.2. The molecule has 1 heterocycles. The molecule has 0 aromatic heterocycles. The third-order valence-corrected chi connectivity index (χ3v) is 7.81. The Labute approximate surface area is 201 Å². The Kier molecular flexibility index (Phi) is 6.81. The van der Waals surface area contributed by atoms with Crippen LogP contribution in [0.1, 0.15) is 15.9 Å². The summed E-state index contributed by atoms with van der Waals surface area (Å²) in [5.74, 6) is -1.47. The van der Waals surface area contributed by atoms with Crippen LogP contribution in [-0.2, 0) is 19.6 Å². The Bertz CT molecular complexity index is 1410. The predicted molar refractivity (Wildman–Crippen MR) is 127 cm³/mol. The Morgan fingerprint density at radius 1 is 0.971 bits per heavy atom. The molecule has 1 aliphatic rings. The minimum atomic E-state index is -3.74. The van der Waals surface area contributed by atoms with Crippen LogP contribution in [0.4, 0.5) is 5.69 Å². The molecule has 0 atom stereocenters. The highest BCUT2D eigenvalue weighted by molar-refractivity contribution is 7.89. The van der Waals surface area contributed by atoms with E-state index in [1.165, 1.54) is 34.3 Å². The molecule has 10 nitrogen and oxygen atoms in total. The summed E-state index contributed by atoms with van der Waals surface area (Å²) in [6, 6.07) is 16.7. The van der Waals surface area contributed by atoms with Crippen LogP contribution in [0, 0.1) is 17.0 Å². The van der Waals surface area contributed by atoms with Gasteiger partial charge in [-0.05, 0) is 35.9 Å². The van der Waals surface area contributed by atoms with Gasteiger partial charge in [0.15, 0.2) is 6.61 Å². The monoisotopic (exact) mass is 497 g/mol. The van der Waals surface area contributed by atoms with Crippen molar-refractivity contribution in [3.8, 4) is 0 Å². The lowest BCUT2D eigenvalue weighted by Crippen LogP contribution is -2.51. The molecule has 0 aliphatic carbocycles. The number of esters is 1. The van der Waals surface area contributed by atoms with Gasteiger partial charge in [-0.3, -0.25) is 14.9 Å². The van der Waals surface area contributed by atoms with Crippen LogP contribution in [0.25, 0.3) is 10.8 Å². The van der Waals surface area contributed by atoms with Gasteiger partial charge in [0.2, 0.25) is 10.0 Å². The topological polar surface area (TPSA) is 127 Å². The molecule has 4 rings (SSSR count). The number of nitrogens with zero attached hydrogens (tertiary/aromatic N) is 3. The number of amides is 1. The van der Waals surface area contributed by atoms with Gasteiger partial charge in [-0.25, -0.2) is 13.2 Å². The number of benzene rings is 3. The second kappa shape index (κ2) is 9.80. The second-order valence-corrected chi connectivity index (χ2v) is 10.0. The Morgan fingerprint density at radius 3 is 2.34 bits per heavy atom. The van der Waals surface area contributed by atoms with E-state index in [4.69, 9.17) is 4.74 Å². The standard InChI is InChI=1S/C24H23N3O7S/c1-17-5-4-8-21(23(17)27(30)31)24(29)34-16-22(28)25-11-13-26(14-12-25)35(32,33)20-10-9-18-6-2-3-7-19(18)15-20/h2-10,15H,11-14,16H2,1H3. The van der Waals surface area contributed by atoms with Crippen LogP contribution in [0.15, 0.2) is 65.6 Å². The van der Waals surface area contributed by atoms with Crippen molar-refractivity contribution in [2.24, 2.45) is 0 Å². The van der Waals surface area contributed by atoms with Crippen LogP contribution in [-0.4, -0.2) is 67.2 Å². The van der Waals surface area contributed by atoms with Gasteiger partial charge in [-0.15, -0.1) is 0 Å². The first-order chi connectivity index (χ1) is 16.7. The maximum atomic E-state index is 13.1. The van der Waals surface area contributed by atoms with E-state index < -0.39 is 33.4 Å². The summed E-state index contributed by atoms with van der Waals surface area (Å²) < 4.78 is 32.5. The first-order valence-electron chi connectivity index (χ1n) is 10.9. The van der Waals surface area contributed by atoms with Crippen LogP contribution < -0.4 is 0 Å². The Balaban J connectivity index is 1.36. The maximum Gasteiger partial charge on any atom is 0.345 e. The van der Waals surface area contributed by atoms with Crippen molar-refractivity contribution >= 4 is 38.4 Å². The number of carbonyl (C=O) groups is 2. The molecule has 3 aromatic carbocycles. The largest absolute Gasteiger partial charge is 0.452 e. The fourth-order valence-corrected chi connectivity index (χ4v) is 5.48. The van der Waals surface area contributed by atoms with E-state index in [2.05, 4.69) is 0 Å². The Morgan fingerprint density at radius 2 is 1.66 bits per heavy atom. The van der Waals surface area contributed by atoms with Gasteiger partial charge >= 0.3 is 5.97 Å². The zero-order valence-corrected chi connectivity index (χ0v) is 19.7. The van der Waals surface area contributed by atoms with Gasteiger partial charge < -0.3 is 9.64 Å². The highest BCUT2D eigenvalue weighted by Crippen LogP contribution is 2.25. The van der Waals surface area contributed by atoms with Gasteiger partial charge in [0.1, 0.15) is 5.56 Å². The summed E-state index contributed by atoms with van der Waals surface area (Å²) in [5.41, 5.74) is -0.286. The lowest BCUT2D eigenvalue weighted by molar-refractivity contribution is -0.385. The molecular weight excluding hydrogens is 474 g/mol. The fourth-order valence-electron chi connectivity index (χ4n) is 4.02. The predicted octanol–water partition coefficient (Wildman–Crippen LogP) is 2.75. The number of hydrogen-bond donors (Lipinski definition) is 0. The van der Waals surface area contributed by atoms with Gasteiger partial charge in [0.25, 0.3) is 11.6 Å². The third kappa shape index (κ3) is 5.00. The molecule has 182 valence electrons. The normalized spacial score (nSPS) is 14.6. The molecule has 1 saturated heterocycles. The third-order valence-electron chi connectivity index (χ3n) is 5.92. The van der Waals surface area contributed by atoms with Crippen LogP contribution in [0.2, 0.25) is 0 Å². The summed E-state index contributed by atoms with van der Waals surface area (Å²) >= 11 is 0. The summed E-state index contributed by atoms with van der Waals surface area (Å²) in [7, 11) is -3.74. The van der Waals surface area contributed by atoms with E-state index >= 15 is 0 Å². The number of sulfonamides is 1. The highest BCUT2D eigenvalue weighted by Gasteiger charge is 2.31. The van der Waals surface area contributed by atoms with Crippen molar-refractivity contribution in [3.63, 3.8) is 0 Å². The van der Waals surface area contributed by atoms with Crippen molar-refractivity contribution in [3.05, 3.63) is 81.9 Å². The molecule has 11 heteroatoms. The zero-order valence-electron chi connectivity index (χ0n) is 18.9. The molecule has 1 amide bonds. The van der Waals surface area contributed by atoms with E-state index in [1.807, 2.05) is 24.3 Å². The molecule has 0 N–H and O–H groups in total. The fraction of sp³-hybridized carbons (Fsp3) is 0.250. The van der Waals surface area contributed by atoms with Crippen molar-refractivity contribution in [2.75, 3.05) is 32.8 Å². The van der Waals surface area contributed by atoms with E-state index in [1.54, 1.807) is 18.2 Å². The average Bonchev–Trinajstić information content (AvgIpc) is 2.86. The van der Waals surface area contributed by atoms with Crippen LogP contribution >= 0.6 is 0 Å². The van der Waals surface area contributed by atoms with Crippen LogP contribution in [0.3, 0.4) is 0 Å². The second-order valence-electron chi connectivity index (χ2n) is 8.10. The van der Waals surface area contributed by atoms with Crippen molar-refractivity contribution in [1.82, 2.24) is 9.21 Å². The SMILES string of the molecule is Cc1cccc(C(=O)OCC(=O)N2CCN(S(=O)(=O)c3ccc4ccccc4c3)CC2)c1[N+](=O)[O-]. The van der Waals surface area contributed by atoms with E-state index in [9.17, 15) is 28.1 Å². The number of fused-ring (bicyclic) bond motifs is 1. The maximum absolute atomic E-state index is 13.1. The molecule has 35 heavy (non-hydrogen) atoms. The first-order valence-corrected chi connectivity index (χ1v) is 12.3. The number of hydrogen-bond acceptors (Lipinski definition) is 7. The van der Waals surface area contributed by atoms with Crippen molar-refractivity contribution < 1.29 is 27.7 Å². The van der Waals surface area contributed by atoms with E-state index in [-0.39, 0.29) is 42.3 Å². The number of nitro benzene ring substituents is 1. The van der Waals surface area contributed by atoms with E-state index in [0.717, 1.165) is 10.8 Å². The summed E-state index contributed by atoms with van der Waals surface area (Å²) in [6.45, 7) is 1.37. The number of rotatable bonds is 6. The molecule has 3 aromatic rings. The number of aryl methyl sites for hydroxylation is 1. The summed E-state index contributed by atoms with van der Waals surface area (Å²) in [6.07, 6.45) is 0. The van der Waals surface area contributed by atoms with Crippen LogP contribution in [0.5, 0.6) is 0 Å². The highest BCUT2D eigenvalue weighted by atomic mass is 32.2. The quantitative estimate of drug-likeness (QED) is 0.291. The lowest BCUT2D eigenvalue weighted by atomic mass is 10.1. The molecule has 0 saturated carbocycles. The molecule has 0 spiro atoms. The summed E-state index contributed by atoms with van der Waals surface area (Å²) in [4.78, 5) is 37.1. The van der Waals surface area contributed by atoms with Gasteiger partial charge in [-0.1, -0.05) is 42.5 Å². The molecule has 0 bridgehead atoms. The van der Waals surface area contributed by atoms with Gasteiger partial charge in [0, 0.05) is 31.7 Å². The molecule has 1 aliphatic heterocycles. The minimum Gasteiger partial charge on any atom is -0.452 e. The number of piperazine rings is 1. The van der Waals surface area contributed by atoms with E-state index in [0.29, 0.717) is 5.56 Å². The first kappa shape index (κ1) is 24.3. The molecule has 1 fully saturated rings. The van der Waals surface area contributed by atoms with Gasteiger partial charge in [0.05, 0.1) is 9.82 Å². The Hall–Kier alpha value is -3.83. The summed E-state index contributed by atoms with van der Waals surface area (Å²) in [5, 5.41) is 13.0. The molecular formula is C24H23N3O7S. The number of carbonyl (C=O) groups excluding carboxylic acids is 2. The number of para-hydroxylation sites is 1. The smallest absolute Gasteiger partial charge is 0.345 e. The van der Waals surface area contributed by atoms with Crippen molar-refractivity contribution in [2.45, 2.75) is 11.8 Å². The van der Waals surface area contributed by atoms with Gasteiger partial charge in [-0.2, -0.15) is 4.31 Å². The minimum absolute atomic E-state index is 0.0954. The lowest BCUT2D eigenvalue weighted by Gasteiger charge is -2.33. The average molecular weight is 498 g/mol. The molecule has 0 radical (unpaired) electrons. The molecule has 0 unspecified atom stereocenters. The number of nitro groups is 1. The number of ether oxygens (including phenoxy) is 1. The van der Waals surface area contributed by atoms with Crippen molar-refractivity contribution in [1.29, 1.82) is 0 Å².